The zero-order valence-electron chi connectivity index (χ0n) is 22.1. The number of carbonyl (C=O) groups excluding carboxylic acids is 1. The maximum atomic E-state index is 11.9. The molecule has 0 aromatic heterocycles. The highest BCUT2D eigenvalue weighted by molar-refractivity contribution is 5.67. The lowest BCUT2D eigenvalue weighted by molar-refractivity contribution is -0.0581. The van der Waals surface area contributed by atoms with E-state index in [-0.39, 0.29) is 12.2 Å². The highest BCUT2D eigenvalue weighted by atomic mass is 16.6. The van der Waals surface area contributed by atoms with E-state index in [0.29, 0.717) is 17.4 Å². The molecule has 187 valence electrons. The van der Waals surface area contributed by atoms with Crippen molar-refractivity contribution in [1.82, 2.24) is 5.32 Å². The first-order chi connectivity index (χ1) is 15.7. The molecule has 4 aliphatic rings. The van der Waals surface area contributed by atoms with Gasteiger partial charge in [-0.1, -0.05) is 65.5 Å². The van der Waals surface area contributed by atoms with Gasteiger partial charge in [-0.25, -0.2) is 4.79 Å². The standard InChI is InChI=1S/C30H50NO2/c1-7-31-28(32)33-23-15-17-29(5)22(19-23)11-12-24-26-14-13-25(21(4)10-8-9-20(2)3)30(26,6)18-16-27(24)29/h11,20-21,23-27H,1,7-10,12-19H2,2-6H3,(H,31,32)/t21-,23+,24?,25-,26?,27?,29+,30-/m1/s1. The van der Waals surface area contributed by atoms with E-state index in [9.17, 15) is 4.79 Å². The summed E-state index contributed by atoms with van der Waals surface area (Å²) in [6.07, 6.45) is 16.6. The minimum absolute atomic E-state index is 0.0313. The van der Waals surface area contributed by atoms with Gasteiger partial charge in [-0.2, -0.15) is 0 Å². The average molecular weight is 457 g/mol. The van der Waals surface area contributed by atoms with Crippen LogP contribution in [0.1, 0.15) is 105 Å². The van der Waals surface area contributed by atoms with E-state index in [0.717, 1.165) is 48.3 Å². The molecule has 4 aliphatic carbocycles. The fourth-order valence-corrected chi connectivity index (χ4v) is 9.05. The van der Waals surface area contributed by atoms with Crippen LogP contribution in [0.15, 0.2) is 11.6 Å². The van der Waals surface area contributed by atoms with Crippen LogP contribution in [-0.2, 0) is 4.74 Å². The maximum absolute atomic E-state index is 11.9. The van der Waals surface area contributed by atoms with Crippen LogP contribution in [0, 0.1) is 53.3 Å². The third-order valence-corrected chi connectivity index (χ3v) is 10.8. The topological polar surface area (TPSA) is 38.3 Å². The Bertz CT molecular complexity index is 729. The van der Waals surface area contributed by atoms with Crippen molar-refractivity contribution in [1.29, 1.82) is 0 Å². The number of allylic oxidation sites excluding steroid dienone is 1. The number of rotatable bonds is 7. The van der Waals surface area contributed by atoms with Crippen molar-refractivity contribution >= 4 is 6.09 Å². The Kier molecular flexibility index (Phi) is 7.56. The first kappa shape index (κ1) is 25.1. The Morgan fingerprint density at radius 2 is 1.91 bits per heavy atom. The molecule has 33 heavy (non-hydrogen) atoms. The van der Waals surface area contributed by atoms with Crippen molar-refractivity contribution in [2.45, 2.75) is 111 Å². The second kappa shape index (κ2) is 9.94. The number of alkyl carbamates (subject to hydrolysis) is 1. The number of ether oxygens (including phenoxy) is 1. The summed E-state index contributed by atoms with van der Waals surface area (Å²) in [4.78, 5) is 11.9. The van der Waals surface area contributed by atoms with E-state index in [1.807, 2.05) is 0 Å². The molecule has 1 N–H and O–H groups in total. The molecule has 0 bridgehead atoms. The van der Waals surface area contributed by atoms with Gasteiger partial charge in [-0.05, 0) is 98.2 Å². The molecular weight excluding hydrogens is 406 g/mol. The van der Waals surface area contributed by atoms with Crippen LogP contribution in [-0.4, -0.2) is 18.7 Å². The number of hydrogen-bond acceptors (Lipinski definition) is 2. The third-order valence-electron chi connectivity index (χ3n) is 10.8. The summed E-state index contributed by atoms with van der Waals surface area (Å²) in [6, 6.07) is 0. The highest BCUT2D eigenvalue weighted by Gasteiger charge is 2.59. The number of carbonyl (C=O) groups is 1. The van der Waals surface area contributed by atoms with E-state index in [1.54, 1.807) is 5.57 Å². The minimum Gasteiger partial charge on any atom is -0.446 e. The lowest BCUT2D eigenvalue weighted by atomic mass is 9.47. The zero-order valence-corrected chi connectivity index (χ0v) is 22.1. The van der Waals surface area contributed by atoms with Gasteiger partial charge in [0.2, 0.25) is 0 Å². The molecule has 0 aromatic carbocycles. The van der Waals surface area contributed by atoms with E-state index in [1.165, 1.54) is 57.8 Å². The van der Waals surface area contributed by atoms with Crippen LogP contribution >= 0.6 is 0 Å². The minimum atomic E-state index is -0.305. The van der Waals surface area contributed by atoms with Crippen molar-refractivity contribution in [2.75, 3.05) is 6.54 Å². The maximum Gasteiger partial charge on any atom is 0.407 e. The Morgan fingerprint density at radius 3 is 2.64 bits per heavy atom. The second-order valence-corrected chi connectivity index (χ2v) is 13.0. The van der Waals surface area contributed by atoms with Crippen LogP contribution in [0.2, 0.25) is 0 Å². The first-order valence-electron chi connectivity index (χ1n) is 14.1. The van der Waals surface area contributed by atoms with E-state index in [2.05, 4.69) is 52.9 Å². The predicted octanol–water partition coefficient (Wildman–Crippen LogP) is 7.96. The third kappa shape index (κ3) is 4.76. The van der Waals surface area contributed by atoms with Gasteiger partial charge in [-0.15, -0.1) is 0 Å². The fraction of sp³-hybridized carbons (Fsp3) is 0.867. The molecule has 1 radical (unpaired) electrons. The van der Waals surface area contributed by atoms with E-state index in [4.69, 9.17) is 4.74 Å². The summed E-state index contributed by atoms with van der Waals surface area (Å²) in [5.74, 6) is 5.21. The van der Waals surface area contributed by atoms with Crippen LogP contribution in [0.25, 0.3) is 0 Å². The summed E-state index contributed by atoms with van der Waals surface area (Å²) in [7, 11) is 0. The van der Waals surface area contributed by atoms with Crippen LogP contribution in [0.4, 0.5) is 4.79 Å². The van der Waals surface area contributed by atoms with Crippen LogP contribution < -0.4 is 5.32 Å². The first-order valence-corrected chi connectivity index (χ1v) is 14.1. The van der Waals surface area contributed by atoms with Gasteiger partial charge in [0.05, 0.1) is 0 Å². The van der Waals surface area contributed by atoms with Gasteiger partial charge in [0.15, 0.2) is 0 Å². The SMILES string of the molecule is [CH2]CNC(=O)O[C@H]1CC[C@@]2(C)C(=CCC3C2CC[C@@]2(C)C3CC[C@@H]2[C@H](C)CCCC(C)C)C1. The number of hydrogen-bond donors (Lipinski definition) is 1. The highest BCUT2D eigenvalue weighted by Crippen LogP contribution is 2.67. The Balaban J connectivity index is 1.43. The molecule has 0 spiro atoms. The molecule has 0 heterocycles. The van der Waals surface area contributed by atoms with E-state index >= 15 is 0 Å². The monoisotopic (exact) mass is 456 g/mol. The molecule has 8 atom stereocenters. The van der Waals surface area contributed by atoms with Crippen molar-refractivity contribution in [3.05, 3.63) is 18.6 Å². The van der Waals surface area contributed by atoms with Crippen molar-refractivity contribution in [2.24, 2.45) is 46.3 Å². The largest absolute Gasteiger partial charge is 0.446 e. The van der Waals surface area contributed by atoms with Gasteiger partial charge >= 0.3 is 6.09 Å². The van der Waals surface area contributed by atoms with Crippen LogP contribution in [0.5, 0.6) is 0 Å². The second-order valence-electron chi connectivity index (χ2n) is 13.0. The quantitative estimate of drug-likeness (QED) is 0.395. The van der Waals surface area contributed by atoms with Crippen molar-refractivity contribution in [3.63, 3.8) is 0 Å². The molecule has 4 rings (SSSR count). The summed E-state index contributed by atoms with van der Waals surface area (Å²) < 4.78 is 5.70. The average Bonchev–Trinajstić information content (AvgIpc) is 3.11. The van der Waals surface area contributed by atoms with Crippen LogP contribution in [0.3, 0.4) is 0 Å². The normalized spacial score (nSPS) is 40.9. The van der Waals surface area contributed by atoms with Crippen molar-refractivity contribution < 1.29 is 9.53 Å². The summed E-state index contributed by atoms with van der Waals surface area (Å²) in [5.41, 5.74) is 2.45. The lowest BCUT2D eigenvalue weighted by Crippen LogP contribution is -2.51. The van der Waals surface area contributed by atoms with Gasteiger partial charge in [0, 0.05) is 13.0 Å². The molecule has 0 aromatic rings. The molecule has 3 fully saturated rings. The lowest BCUT2D eigenvalue weighted by Gasteiger charge is -2.58. The molecule has 3 nitrogen and oxygen atoms in total. The smallest absolute Gasteiger partial charge is 0.407 e. The van der Waals surface area contributed by atoms with Gasteiger partial charge in [0.25, 0.3) is 0 Å². The molecule has 3 heteroatoms. The van der Waals surface area contributed by atoms with Gasteiger partial charge in [0.1, 0.15) is 6.10 Å². The van der Waals surface area contributed by atoms with E-state index < -0.39 is 0 Å². The summed E-state index contributed by atoms with van der Waals surface area (Å²) in [5, 5.41) is 2.69. The Labute approximate surface area is 203 Å². The Hall–Kier alpha value is -0.990. The van der Waals surface area contributed by atoms with Gasteiger partial charge in [-0.3, -0.25) is 0 Å². The molecule has 3 unspecified atom stereocenters. The molecule has 3 saturated carbocycles. The molecule has 0 saturated heterocycles. The molecule has 0 aliphatic heterocycles. The number of fused-ring (bicyclic) bond motifs is 5. The number of amides is 1. The predicted molar refractivity (Wildman–Crippen MR) is 137 cm³/mol. The Morgan fingerprint density at radius 1 is 1.12 bits per heavy atom. The fourth-order valence-electron chi connectivity index (χ4n) is 9.05. The van der Waals surface area contributed by atoms with Gasteiger partial charge < -0.3 is 10.1 Å². The summed E-state index contributed by atoms with van der Waals surface area (Å²) in [6.45, 7) is 16.6. The number of nitrogens with one attached hydrogen (secondary N) is 1. The molecular formula is C30H50NO2. The van der Waals surface area contributed by atoms with Crippen molar-refractivity contribution in [3.8, 4) is 0 Å². The molecule has 1 amide bonds. The zero-order chi connectivity index (χ0) is 23.8. The summed E-state index contributed by atoms with van der Waals surface area (Å²) >= 11 is 0.